The van der Waals surface area contributed by atoms with Crippen molar-refractivity contribution in [1.29, 1.82) is 0 Å². The molecule has 2 nitrogen and oxygen atoms in total. The van der Waals surface area contributed by atoms with Gasteiger partial charge in [0, 0.05) is 24.0 Å². The van der Waals surface area contributed by atoms with Crippen molar-refractivity contribution in [3.05, 3.63) is 94.8 Å². The Labute approximate surface area is 222 Å². The molecule has 2 aromatic carbocycles. The predicted molar refractivity (Wildman–Crippen MR) is 159 cm³/mol. The normalized spacial score (nSPS) is 16.4. The molecule has 0 spiro atoms. The molecular weight excluding hydrogens is 473 g/mol. The number of fused-ring (bicyclic) bond motifs is 2. The van der Waals surface area contributed by atoms with Crippen LogP contribution in [0.15, 0.2) is 59.7 Å². The Bertz CT molecular complexity index is 1110. The van der Waals surface area contributed by atoms with Gasteiger partial charge >= 0.3 is 0 Å². The molecule has 36 heavy (non-hydrogen) atoms. The molecule has 0 unspecified atom stereocenters. The summed E-state index contributed by atoms with van der Waals surface area (Å²) in [5.74, 6) is 2.19. The fourth-order valence-electron chi connectivity index (χ4n) is 4.21. The minimum atomic E-state index is -1.98. The Morgan fingerprint density at radius 1 is 0.556 bits per heavy atom. The van der Waals surface area contributed by atoms with Crippen LogP contribution in [0, 0.1) is 12.8 Å². The Hall–Kier alpha value is -2.05. The lowest BCUT2D eigenvalue weighted by molar-refractivity contribution is 0.453. The third-order valence-electron chi connectivity index (χ3n) is 8.64. The van der Waals surface area contributed by atoms with Crippen molar-refractivity contribution in [2.24, 2.45) is 0 Å². The third-order valence-corrected chi connectivity index (χ3v) is 17.3. The van der Waals surface area contributed by atoms with E-state index < -0.39 is 16.6 Å². The zero-order valence-electron chi connectivity index (χ0n) is 24.0. The van der Waals surface area contributed by atoms with Gasteiger partial charge in [-0.1, -0.05) is 90.1 Å². The zero-order valence-corrected chi connectivity index (χ0v) is 26.0. The lowest BCUT2D eigenvalue weighted by Crippen LogP contribution is -2.40. The summed E-state index contributed by atoms with van der Waals surface area (Å²) < 4.78 is 13.9. The predicted octanol–water partition coefficient (Wildman–Crippen LogP) is 9.76. The number of hydrogen-bond acceptors (Lipinski definition) is 2. The minimum absolute atomic E-state index is 0.149. The van der Waals surface area contributed by atoms with Gasteiger partial charge in [-0.25, -0.2) is 0 Å². The van der Waals surface area contributed by atoms with Crippen molar-refractivity contribution in [2.45, 2.75) is 90.6 Å². The highest BCUT2D eigenvalue weighted by atomic mass is 28.4. The number of allylic oxidation sites excluding steroid dienone is 2. The molecule has 0 saturated heterocycles. The van der Waals surface area contributed by atoms with E-state index in [0.717, 1.165) is 24.4 Å². The van der Waals surface area contributed by atoms with Crippen LogP contribution in [0.4, 0.5) is 0 Å². The molecule has 0 bridgehead atoms. The van der Waals surface area contributed by atoms with Crippen LogP contribution in [-0.4, -0.2) is 16.6 Å². The Kier molecular flexibility index (Phi) is 7.02. The molecule has 0 aromatic heterocycles. The van der Waals surface area contributed by atoms with Crippen LogP contribution in [-0.2, 0) is 8.85 Å². The van der Waals surface area contributed by atoms with Gasteiger partial charge in [0.05, 0.1) is 0 Å². The molecule has 2 aromatic rings. The summed E-state index contributed by atoms with van der Waals surface area (Å²) in [5, 5.41) is 0.298. The molecular formula is C32H44O2Si2. The maximum atomic E-state index is 6.97. The van der Waals surface area contributed by atoms with Gasteiger partial charge in [-0.2, -0.15) is 0 Å². The quantitative estimate of drug-likeness (QED) is 0.341. The molecule has 2 radical (unpaired) electrons. The number of rotatable bonds is 7. The highest BCUT2D eigenvalue weighted by Crippen LogP contribution is 2.47. The monoisotopic (exact) mass is 516 g/mol. The van der Waals surface area contributed by atoms with Crippen LogP contribution >= 0.6 is 0 Å². The smallest absolute Gasteiger partial charge is 0.250 e. The van der Waals surface area contributed by atoms with Crippen molar-refractivity contribution in [3.63, 3.8) is 0 Å². The standard InChI is InChI=1S/C32H44O2Si2/c1-31(2,3)35(7,8)33-29-25(21-23-15-11-13-17-27(23)29)19-20-26-22-24-16-12-14-18-28(24)30(26)34-36(9,10)32(4,5)6/h11-18,21-22H,19-20H2,1-10H3. The molecule has 0 saturated carbocycles. The van der Waals surface area contributed by atoms with Crippen LogP contribution in [0.25, 0.3) is 11.5 Å². The molecule has 0 heterocycles. The summed E-state index contributed by atoms with van der Waals surface area (Å²) in [6.45, 7) is 23.2. The van der Waals surface area contributed by atoms with Crippen molar-refractivity contribution in [1.82, 2.24) is 0 Å². The van der Waals surface area contributed by atoms with Crippen LogP contribution in [0.1, 0.15) is 76.6 Å². The molecule has 0 fully saturated rings. The second kappa shape index (κ2) is 9.36. The van der Waals surface area contributed by atoms with Crippen molar-refractivity contribution in [2.75, 3.05) is 0 Å². The van der Waals surface area contributed by atoms with E-state index in [4.69, 9.17) is 8.85 Å². The molecule has 0 amide bonds. The second-order valence-electron chi connectivity index (χ2n) is 13.4. The van der Waals surface area contributed by atoms with E-state index in [0.29, 0.717) is 0 Å². The lowest BCUT2D eigenvalue weighted by atomic mass is 10.0. The maximum absolute atomic E-state index is 6.97. The van der Waals surface area contributed by atoms with Crippen LogP contribution < -0.4 is 0 Å². The molecule has 192 valence electrons. The summed E-state index contributed by atoms with van der Waals surface area (Å²) in [4.78, 5) is 0. The van der Waals surface area contributed by atoms with Gasteiger partial charge in [-0.3, -0.25) is 0 Å². The fraction of sp³-hybridized carbons (Fsp3) is 0.438. The SMILES string of the molecule is CC(C)(C)[Si](C)(C)OC1=C(CCC2=C(O[Si](C)(C)C(C)(C)C)c3ccccc3[CH]2)[CH]c2ccccc21. The van der Waals surface area contributed by atoms with E-state index in [9.17, 15) is 0 Å². The van der Waals surface area contributed by atoms with E-state index in [1.165, 1.54) is 33.4 Å². The van der Waals surface area contributed by atoms with Crippen LogP contribution in [0.5, 0.6) is 0 Å². The molecule has 0 N–H and O–H groups in total. The first-order chi connectivity index (χ1) is 16.6. The van der Waals surface area contributed by atoms with Crippen molar-refractivity contribution < 1.29 is 8.85 Å². The first-order valence-electron chi connectivity index (χ1n) is 13.3. The Balaban J connectivity index is 1.67. The average Bonchev–Trinajstić information content (AvgIpc) is 3.28. The van der Waals surface area contributed by atoms with E-state index in [1.54, 1.807) is 0 Å². The van der Waals surface area contributed by atoms with Crippen molar-refractivity contribution >= 4 is 28.2 Å². The highest BCUT2D eigenvalue weighted by molar-refractivity contribution is 6.75. The van der Waals surface area contributed by atoms with Gasteiger partial charge < -0.3 is 8.85 Å². The summed E-state index contributed by atoms with van der Waals surface area (Å²) in [7, 11) is -3.95. The molecule has 4 heteroatoms. The highest BCUT2D eigenvalue weighted by Gasteiger charge is 2.42. The van der Waals surface area contributed by atoms with Gasteiger partial charge in [-0.05, 0) is 71.4 Å². The molecule has 0 atom stereocenters. The topological polar surface area (TPSA) is 18.5 Å². The van der Waals surface area contributed by atoms with Crippen LogP contribution in [0.2, 0.25) is 36.3 Å². The molecule has 0 aliphatic heterocycles. The third kappa shape index (κ3) is 5.17. The Morgan fingerprint density at radius 3 is 1.22 bits per heavy atom. The average molecular weight is 517 g/mol. The van der Waals surface area contributed by atoms with E-state index >= 15 is 0 Å². The molecule has 4 rings (SSSR count). The number of hydrogen-bond donors (Lipinski definition) is 0. The van der Waals surface area contributed by atoms with Gasteiger partial charge in [0.15, 0.2) is 0 Å². The lowest BCUT2D eigenvalue weighted by Gasteiger charge is -2.37. The first kappa shape index (κ1) is 27.0. The van der Waals surface area contributed by atoms with Crippen LogP contribution in [0.3, 0.4) is 0 Å². The fourth-order valence-corrected chi connectivity index (χ4v) is 6.33. The van der Waals surface area contributed by atoms with Gasteiger partial charge in [0.25, 0.3) is 16.6 Å². The van der Waals surface area contributed by atoms with Gasteiger partial charge in [0.1, 0.15) is 11.5 Å². The molecule has 2 aliphatic rings. The summed E-state index contributed by atoms with van der Waals surface area (Å²) in [6, 6.07) is 17.3. The van der Waals surface area contributed by atoms with E-state index in [2.05, 4.69) is 129 Å². The number of benzene rings is 2. The largest absolute Gasteiger partial charge is 0.543 e. The van der Waals surface area contributed by atoms with Crippen molar-refractivity contribution in [3.8, 4) is 0 Å². The second-order valence-corrected chi connectivity index (χ2v) is 22.8. The summed E-state index contributed by atoms with van der Waals surface area (Å²) in [6.07, 6.45) is 6.55. The van der Waals surface area contributed by atoms with Gasteiger partial charge in [-0.15, -0.1) is 0 Å². The van der Waals surface area contributed by atoms with E-state index in [-0.39, 0.29) is 10.1 Å². The first-order valence-corrected chi connectivity index (χ1v) is 19.1. The molecule has 2 aliphatic carbocycles. The summed E-state index contributed by atoms with van der Waals surface area (Å²) >= 11 is 0. The zero-order chi connectivity index (χ0) is 26.5. The van der Waals surface area contributed by atoms with E-state index in [1.807, 2.05) is 0 Å². The van der Waals surface area contributed by atoms with Gasteiger partial charge in [0.2, 0.25) is 0 Å². The maximum Gasteiger partial charge on any atom is 0.250 e. The summed E-state index contributed by atoms with van der Waals surface area (Å²) in [5.41, 5.74) is 7.64. The Morgan fingerprint density at radius 2 is 0.889 bits per heavy atom. The minimum Gasteiger partial charge on any atom is -0.543 e.